The Morgan fingerprint density at radius 3 is 2.75 bits per heavy atom. The maximum atomic E-state index is 12.4. The van der Waals surface area contributed by atoms with Gasteiger partial charge in [0.2, 0.25) is 5.88 Å². The van der Waals surface area contributed by atoms with Crippen molar-refractivity contribution in [3.63, 3.8) is 0 Å². The average molecular weight is 346 g/mol. The molecule has 124 valence electrons. The molecule has 0 bridgehead atoms. The van der Waals surface area contributed by atoms with E-state index in [2.05, 4.69) is 10.4 Å². The number of hydrogen-bond acceptors (Lipinski definition) is 4. The van der Waals surface area contributed by atoms with E-state index in [9.17, 15) is 4.79 Å². The van der Waals surface area contributed by atoms with Crippen LogP contribution in [-0.4, -0.2) is 22.8 Å². The average Bonchev–Trinajstić information content (AvgIpc) is 3.13. The third-order valence-electron chi connectivity index (χ3n) is 3.57. The molecule has 0 spiro atoms. The second-order valence-corrected chi connectivity index (χ2v) is 5.60. The zero-order chi connectivity index (χ0) is 17.3. The van der Waals surface area contributed by atoms with E-state index in [1.165, 1.54) is 7.11 Å². The third kappa shape index (κ3) is 2.88. The Morgan fingerprint density at radius 2 is 2.04 bits per heavy atom. The van der Waals surface area contributed by atoms with E-state index < -0.39 is 0 Å². The van der Waals surface area contributed by atoms with Gasteiger partial charge in [-0.25, -0.2) is 4.68 Å². The Bertz CT molecular complexity index is 898. The Kier molecular flexibility index (Phi) is 4.31. The zero-order valence-corrected chi connectivity index (χ0v) is 14.2. The van der Waals surface area contributed by atoms with Crippen molar-refractivity contribution >= 4 is 23.2 Å². The number of nitrogens with one attached hydrogen (secondary N) is 1. The monoisotopic (exact) mass is 345 g/mol. The number of halogens is 1. The van der Waals surface area contributed by atoms with Crippen LogP contribution in [0.2, 0.25) is 5.02 Å². The van der Waals surface area contributed by atoms with Crippen LogP contribution in [0.15, 0.2) is 40.8 Å². The van der Waals surface area contributed by atoms with E-state index in [1.807, 2.05) is 18.2 Å². The molecular weight excluding hydrogens is 330 g/mol. The molecule has 2 aromatic heterocycles. The minimum atomic E-state index is -0.386. The van der Waals surface area contributed by atoms with E-state index in [4.69, 9.17) is 20.8 Å². The number of benzene rings is 1. The van der Waals surface area contributed by atoms with Crippen molar-refractivity contribution < 1.29 is 13.9 Å². The smallest absolute Gasteiger partial charge is 0.291 e. The van der Waals surface area contributed by atoms with Crippen molar-refractivity contribution in [2.45, 2.75) is 6.92 Å². The summed E-state index contributed by atoms with van der Waals surface area (Å²) in [6, 6.07) is 10.6. The summed E-state index contributed by atoms with van der Waals surface area (Å²) in [6.45, 7) is 1.79. The normalized spacial score (nSPS) is 10.7. The summed E-state index contributed by atoms with van der Waals surface area (Å²) in [7, 11) is 3.26. The van der Waals surface area contributed by atoms with Crippen LogP contribution in [0.25, 0.3) is 11.3 Å². The van der Waals surface area contributed by atoms with Crippen LogP contribution in [0.5, 0.6) is 5.88 Å². The highest BCUT2D eigenvalue weighted by Gasteiger charge is 2.20. The van der Waals surface area contributed by atoms with Gasteiger partial charge in [-0.2, -0.15) is 5.10 Å². The van der Waals surface area contributed by atoms with Crippen molar-refractivity contribution in [1.29, 1.82) is 0 Å². The van der Waals surface area contributed by atoms with E-state index in [0.29, 0.717) is 28.0 Å². The lowest BCUT2D eigenvalue weighted by Gasteiger charge is -2.06. The predicted octanol–water partition coefficient (Wildman–Crippen LogP) is 3.90. The molecule has 0 fully saturated rings. The van der Waals surface area contributed by atoms with Gasteiger partial charge in [0.1, 0.15) is 11.4 Å². The van der Waals surface area contributed by atoms with E-state index in [0.717, 1.165) is 5.56 Å². The fraction of sp³-hybridized carbons (Fsp3) is 0.176. The van der Waals surface area contributed by atoms with E-state index in [-0.39, 0.29) is 11.7 Å². The van der Waals surface area contributed by atoms with Crippen LogP contribution in [-0.2, 0) is 7.05 Å². The molecule has 0 aliphatic rings. The largest absolute Gasteiger partial charge is 0.480 e. The number of aryl methyl sites for hydroxylation is 2. The molecule has 0 aliphatic heterocycles. The molecule has 0 radical (unpaired) electrons. The molecular formula is C17H16ClN3O3. The van der Waals surface area contributed by atoms with Gasteiger partial charge in [-0.15, -0.1) is 0 Å². The molecule has 0 saturated heterocycles. The Balaban J connectivity index is 1.86. The lowest BCUT2D eigenvalue weighted by Crippen LogP contribution is -2.12. The minimum absolute atomic E-state index is 0.176. The number of anilines is 1. The lowest BCUT2D eigenvalue weighted by molar-refractivity contribution is 0.0997. The predicted molar refractivity (Wildman–Crippen MR) is 91.6 cm³/mol. The highest BCUT2D eigenvalue weighted by atomic mass is 35.5. The number of nitrogens with zero attached hydrogens (tertiary/aromatic N) is 2. The van der Waals surface area contributed by atoms with Gasteiger partial charge in [-0.3, -0.25) is 4.79 Å². The second kappa shape index (κ2) is 6.41. The summed E-state index contributed by atoms with van der Waals surface area (Å²) in [5, 5.41) is 7.55. The highest BCUT2D eigenvalue weighted by Crippen LogP contribution is 2.31. The quantitative estimate of drug-likeness (QED) is 0.778. The molecule has 7 heteroatoms. The first-order valence-corrected chi connectivity index (χ1v) is 7.62. The summed E-state index contributed by atoms with van der Waals surface area (Å²) in [6.07, 6.45) is 0. The van der Waals surface area contributed by atoms with Crippen LogP contribution >= 0.6 is 11.6 Å². The Labute approximate surface area is 144 Å². The summed E-state index contributed by atoms with van der Waals surface area (Å²) < 4.78 is 12.5. The number of carbonyl (C=O) groups excluding carboxylic acids is 1. The molecule has 2 heterocycles. The molecule has 24 heavy (non-hydrogen) atoms. The Morgan fingerprint density at radius 1 is 1.29 bits per heavy atom. The molecule has 1 N–H and O–H groups in total. The molecule has 0 saturated carbocycles. The second-order valence-electron chi connectivity index (χ2n) is 5.19. The number of carbonyl (C=O) groups is 1. The topological polar surface area (TPSA) is 69.3 Å². The number of aromatic nitrogens is 2. The van der Waals surface area contributed by atoms with E-state index in [1.54, 1.807) is 36.9 Å². The summed E-state index contributed by atoms with van der Waals surface area (Å²) in [5.74, 6) is 0.789. The molecule has 1 aromatic carbocycles. The van der Waals surface area contributed by atoms with Gasteiger partial charge in [-0.05, 0) is 31.2 Å². The standard InChI is InChI=1S/C17H16ClN3O3/c1-10-15(17(23-3)21(2)20-10)19-16(22)14-9-8-13(24-14)11-6-4-5-7-12(11)18/h4-9H,1-3H3,(H,19,22). The SMILES string of the molecule is COc1c(NC(=O)c2ccc(-c3ccccc3Cl)o2)c(C)nn1C. The Hall–Kier alpha value is -2.73. The van der Waals surface area contributed by atoms with Gasteiger partial charge < -0.3 is 14.5 Å². The highest BCUT2D eigenvalue weighted by molar-refractivity contribution is 6.33. The van der Waals surface area contributed by atoms with Gasteiger partial charge in [-0.1, -0.05) is 23.7 Å². The molecule has 0 aliphatic carbocycles. The number of furan rings is 1. The molecule has 3 aromatic rings. The van der Waals surface area contributed by atoms with Crippen LogP contribution in [0.3, 0.4) is 0 Å². The number of methoxy groups -OCH3 is 1. The third-order valence-corrected chi connectivity index (χ3v) is 3.90. The molecule has 3 rings (SSSR count). The fourth-order valence-electron chi connectivity index (χ4n) is 2.46. The number of hydrogen-bond donors (Lipinski definition) is 1. The first-order valence-electron chi connectivity index (χ1n) is 7.25. The van der Waals surface area contributed by atoms with Crippen LogP contribution in [0, 0.1) is 6.92 Å². The van der Waals surface area contributed by atoms with Crippen molar-refractivity contribution in [2.24, 2.45) is 7.05 Å². The van der Waals surface area contributed by atoms with Crippen molar-refractivity contribution in [1.82, 2.24) is 9.78 Å². The summed E-state index contributed by atoms with van der Waals surface area (Å²) >= 11 is 6.15. The fourth-order valence-corrected chi connectivity index (χ4v) is 2.68. The van der Waals surface area contributed by atoms with Crippen molar-refractivity contribution in [3.8, 4) is 17.2 Å². The first-order chi connectivity index (χ1) is 11.5. The van der Waals surface area contributed by atoms with Gasteiger partial charge in [0, 0.05) is 12.6 Å². The summed E-state index contributed by atoms with van der Waals surface area (Å²) in [4.78, 5) is 12.4. The van der Waals surface area contributed by atoms with Crippen LogP contribution in [0.4, 0.5) is 5.69 Å². The lowest BCUT2D eigenvalue weighted by atomic mass is 10.2. The van der Waals surface area contributed by atoms with Crippen LogP contribution < -0.4 is 10.1 Å². The minimum Gasteiger partial charge on any atom is -0.480 e. The molecule has 0 unspecified atom stereocenters. The molecule has 6 nitrogen and oxygen atoms in total. The van der Waals surface area contributed by atoms with Gasteiger partial charge in [0.25, 0.3) is 5.91 Å². The molecule has 1 amide bonds. The number of rotatable bonds is 4. The van der Waals surface area contributed by atoms with Gasteiger partial charge in [0.15, 0.2) is 5.76 Å². The number of ether oxygens (including phenoxy) is 1. The first kappa shape index (κ1) is 16.1. The van der Waals surface area contributed by atoms with Crippen molar-refractivity contribution in [2.75, 3.05) is 12.4 Å². The number of amides is 1. The van der Waals surface area contributed by atoms with Crippen LogP contribution in [0.1, 0.15) is 16.2 Å². The van der Waals surface area contributed by atoms with Gasteiger partial charge >= 0.3 is 0 Å². The maximum Gasteiger partial charge on any atom is 0.291 e. The van der Waals surface area contributed by atoms with Crippen molar-refractivity contribution in [3.05, 3.63) is 52.9 Å². The van der Waals surface area contributed by atoms with Gasteiger partial charge in [0.05, 0.1) is 17.8 Å². The summed E-state index contributed by atoms with van der Waals surface area (Å²) in [5.41, 5.74) is 1.90. The maximum absolute atomic E-state index is 12.4. The molecule has 0 atom stereocenters. The van der Waals surface area contributed by atoms with E-state index >= 15 is 0 Å². The zero-order valence-electron chi connectivity index (χ0n) is 13.5.